The first-order valence-corrected chi connectivity index (χ1v) is 7.59. The Balaban J connectivity index is 1.81. The molecule has 1 aromatic rings. The molecule has 0 atom stereocenters. The first kappa shape index (κ1) is 15.5. The van der Waals surface area contributed by atoms with Crippen molar-refractivity contribution in [2.24, 2.45) is 0 Å². The van der Waals surface area contributed by atoms with Crippen LogP contribution in [0.25, 0.3) is 0 Å². The van der Waals surface area contributed by atoms with Crippen LogP contribution in [-0.4, -0.2) is 24.5 Å². The molecular weight excluding hydrogens is 266 g/mol. The molecule has 0 aliphatic heterocycles. The molecule has 1 amide bonds. The average Bonchev–Trinajstić information content (AvgIpc) is 2.45. The summed E-state index contributed by atoms with van der Waals surface area (Å²) in [7, 11) is 0. The van der Waals surface area contributed by atoms with Gasteiger partial charge in [-0.15, -0.1) is 0 Å². The van der Waals surface area contributed by atoms with Gasteiger partial charge in [0.25, 0.3) is 5.91 Å². The van der Waals surface area contributed by atoms with Crippen molar-refractivity contribution in [3.63, 3.8) is 0 Å². The lowest BCUT2D eigenvalue weighted by molar-refractivity contribution is -0.125. The zero-order chi connectivity index (χ0) is 15.2. The first-order valence-electron chi connectivity index (χ1n) is 7.59. The van der Waals surface area contributed by atoms with Crippen molar-refractivity contribution in [3.05, 3.63) is 34.9 Å². The minimum Gasteiger partial charge on any atom is -0.452 e. The van der Waals surface area contributed by atoms with Crippen LogP contribution in [-0.2, 0) is 9.53 Å². The third-order valence-electron chi connectivity index (χ3n) is 3.76. The highest BCUT2D eigenvalue weighted by molar-refractivity contribution is 5.91. The van der Waals surface area contributed by atoms with Crippen LogP contribution < -0.4 is 5.32 Å². The van der Waals surface area contributed by atoms with Crippen molar-refractivity contribution < 1.29 is 14.3 Å². The maximum atomic E-state index is 11.9. The SMILES string of the molecule is Cc1cc(C)cc(C(=O)OCC(=O)NC2CCCCC2)c1. The van der Waals surface area contributed by atoms with Gasteiger partial charge in [0.2, 0.25) is 0 Å². The van der Waals surface area contributed by atoms with Gasteiger partial charge >= 0.3 is 5.97 Å². The van der Waals surface area contributed by atoms with Crippen molar-refractivity contribution >= 4 is 11.9 Å². The highest BCUT2D eigenvalue weighted by Crippen LogP contribution is 2.17. The standard InChI is InChI=1S/C17H23NO3/c1-12-8-13(2)10-14(9-12)17(20)21-11-16(19)18-15-6-4-3-5-7-15/h8-10,15H,3-7,11H2,1-2H3,(H,18,19). The number of hydrogen-bond donors (Lipinski definition) is 1. The van der Waals surface area contributed by atoms with E-state index in [0.29, 0.717) is 5.56 Å². The van der Waals surface area contributed by atoms with Gasteiger partial charge in [-0.05, 0) is 38.8 Å². The second kappa shape index (κ2) is 7.25. The maximum absolute atomic E-state index is 11.9. The summed E-state index contributed by atoms with van der Waals surface area (Å²) in [4.78, 5) is 23.7. The van der Waals surface area contributed by atoms with Crippen molar-refractivity contribution in [2.75, 3.05) is 6.61 Å². The molecule has 1 N–H and O–H groups in total. The molecule has 1 aromatic carbocycles. The van der Waals surface area contributed by atoms with E-state index in [2.05, 4.69) is 5.32 Å². The van der Waals surface area contributed by atoms with E-state index in [9.17, 15) is 9.59 Å². The Kier molecular flexibility index (Phi) is 5.37. The Morgan fingerprint density at radius 3 is 2.33 bits per heavy atom. The van der Waals surface area contributed by atoms with Crippen LogP contribution in [0.5, 0.6) is 0 Å². The van der Waals surface area contributed by atoms with E-state index < -0.39 is 5.97 Å². The van der Waals surface area contributed by atoms with E-state index in [4.69, 9.17) is 4.74 Å². The molecule has 1 saturated carbocycles. The lowest BCUT2D eigenvalue weighted by Gasteiger charge is -2.22. The Labute approximate surface area is 125 Å². The van der Waals surface area contributed by atoms with Gasteiger partial charge in [-0.3, -0.25) is 4.79 Å². The number of rotatable bonds is 4. The van der Waals surface area contributed by atoms with Crippen LogP contribution in [0.2, 0.25) is 0 Å². The van der Waals surface area contributed by atoms with E-state index >= 15 is 0 Å². The van der Waals surface area contributed by atoms with Gasteiger partial charge in [-0.2, -0.15) is 0 Å². The lowest BCUT2D eigenvalue weighted by Crippen LogP contribution is -2.38. The summed E-state index contributed by atoms with van der Waals surface area (Å²) >= 11 is 0. The molecule has 4 nitrogen and oxygen atoms in total. The summed E-state index contributed by atoms with van der Waals surface area (Å²) in [5, 5.41) is 2.93. The number of benzene rings is 1. The van der Waals surface area contributed by atoms with Gasteiger partial charge in [0.15, 0.2) is 6.61 Å². The van der Waals surface area contributed by atoms with Crippen molar-refractivity contribution in [3.8, 4) is 0 Å². The molecule has 0 spiro atoms. The Bertz CT molecular complexity index is 499. The zero-order valence-corrected chi connectivity index (χ0v) is 12.8. The highest BCUT2D eigenvalue weighted by atomic mass is 16.5. The Morgan fingerprint density at radius 1 is 1.10 bits per heavy atom. The molecule has 0 bridgehead atoms. The van der Waals surface area contributed by atoms with Crippen LogP contribution in [0.3, 0.4) is 0 Å². The number of aryl methyl sites for hydroxylation is 2. The molecule has 1 fully saturated rings. The molecule has 2 rings (SSSR count). The highest BCUT2D eigenvalue weighted by Gasteiger charge is 2.17. The van der Waals surface area contributed by atoms with E-state index in [0.717, 1.165) is 36.8 Å². The van der Waals surface area contributed by atoms with E-state index in [1.165, 1.54) is 6.42 Å². The van der Waals surface area contributed by atoms with Gasteiger partial charge in [-0.1, -0.05) is 36.5 Å². The number of carbonyl (C=O) groups excluding carboxylic acids is 2. The Morgan fingerprint density at radius 2 is 1.71 bits per heavy atom. The summed E-state index contributed by atoms with van der Waals surface area (Å²) in [5.41, 5.74) is 2.51. The quantitative estimate of drug-likeness (QED) is 0.867. The fourth-order valence-corrected chi connectivity index (χ4v) is 2.82. The minimum absolute atomic E-state index is 0.206. The molecule has 21 heavy (non-hydrogen) atoms. The molecule has 0 unspecified atom stereocenters. The fourth-order valence-electron chi connectivity index (χ4n) is 2.82. The van der Waals surface area contributed by atoms with Gasteiger partial charge in [-0.25, -0.2) is 4.79 Å². The lowest BCUT2D eigenvalue weighted by atomic mass is 9.95. The normalized spacial score (nSPS) is 15.5. The third kappa shape index (κ3) is 4.88. The van der Waals surface area contributed by atoms with Gasteiger partial charge in [0, 0.05) is 6.04 Å². The molecule has 0 aromatic heterocycles. The number of carbonyl (C=O) groups is 2. The molecule has 0 saturated heterocycles. The number of nitrogens with one attached hydrogen (secondary N) is 1. The van der Waals surface area contributed by atoms with Crippen molar-refractivity contribution in [1.29, 1.82) is 0 Å². The summed E-state index contributed by atoms with van der Waals surface area (Å²) in [5.74, 6) is -0.653. The summed E-state index contributed by atoms with van der Waals surface area (Å²) in [6, 6.07) is 5.78. The number of hydrogen-bond acceptors (Lipinski definition) is 3. The smallest absolute Gasteiger partial charge is 0.338 e. The van der Waals surface area contributed by atoms with Crippen molar-refractivity contribution in [2.45, 2.75) is 52.0 Å². The van der Waals surface area contributed by atoms with Gasteiger partial charge in [0.1, 0.15) is 0 Å². The predicted octanol–water partition coefficient (Wildman–Crippen LogP) is 2.91. The predicted molar refractivity (Wildman–Crippen MR) is 81.2 cm³/mol. The molecule has 1 aliphatic carbocycles. The van der Waals surface area contributed by atoms with Crippen LogP contribution in [0.15, 0.2) is 18.2 Å². The average molecular weight is 289 g/mol. The number of esters is 1. The fraction of sp³-hybridized carbons (Fsp3) is 0.529. The molecule has 114 valence electrons. The molecular formula is C17H23NO3. The molecule has 0 radical (unpaired) electrons. The molecule has 0 heterocycles. The third-order valence-corrected chi connectivity index (χ3v) is 3.76. The van der Waals surface area contributed by atoms with Crippen LogP contribution >= 0.6 is 0 Å². The van der Waals surface area contributed by atoms with E-state index in [-0.39, 0.29) is 18.6 Å². The van der Waals surface area contributed by atoms with Gasteiger partial charge in [0.05, 0.1) is 5.56 Å². The maximum Gasteiger partial charge on any atom is 0.338 e. The number of amides is 1. The van der Waals surface area contributed by atoms with E-state index in [1.54, 1.807) is 12.1 Å². The summed E-state index contributed by atoms with van der Waals surface area (Å²) < 4.78 is 5.09. The number of ether oxygens (including phenoxy) is 1. The monoisotopic (exact) mass is 289 g/mol. The van der Waals surface area contributed by atoms with Crippen LogP contribution in [0.1, 0.15) is 53.6 Å². The van der Waals surface area contributed by atoms with Crippen LogP contribution in [0.4, 0.5) is 0 Å². The Hall–Kier alpha value is -1.84. The van der Waals surface area contributed by atoms with Gasteiger partial charge < -0.3 is 10.1 Å². The summed E-state index contributed by atoms with van der Waals surface area (Å²) in [6.07, 6.45) is 5.61. The largest absolute Gasteiger partial charge is 0.452 e. The molecule has 1 aliphatic rings. The second-order valence-corrected chi connectivity index (χ2v) is 5.85. The zero-order valence-electron chi connectivity index (χ0n) is 12.8. The van der Waals surface area contributed by atoms with Crippen molar-refractivity contribution in [1.82, 2.24) is 5.32 Å². The second-order valence-electron chi connectivity index (χ2n) is 5.85. The van der Waals surface area contributed by atoms with Crippen LogP contribution in [0, 0.1) is 13.8 Å². The summed E-state index contributed by atoms with van der Waals surface area (Å²) in [6.45, 7) is 3.65. The van der Waals surface area contributed by atoms with E-state index in [1.807, 2.05) is 19.9 Å². The topological polar surface area (TPSA) is 55.4 Å². The first-order chi connectivity index (χ1) is 10.0. The molecule has 4 heteroatoms. The minimum atomic E-state index is -0.444.